The first-order chi connectivity index (χ1) is 10.8. The van der Waals surface area contributed by atoms with Crippen molar-refractivity contribution in [1.29, 1.82) is 0 Å². The van der Waals surface area contributed by atoms with Crippen molar-refractivity contribution in [3.8, 4) is 0 Å². The van der Waals surface area contributed by atoms with Gasteiger partial charge in [-0.3, -0.25) is 10.1 Å². The van der Waals surface area contributed by atoms with Crippen LogP contribution in [0.2, 0.25) is 0 Å². The summed E-state index contributed by atoms with van der Waals surface area (Å²) in [5, 5.41) is 14.6. The number of hydrogen-bond acceptors (Lipinski definition) is 5. The number of nitro benzene ring substituents is 1. The number of hydrogen-bond donors (Lipinski definition) is 1. The van der Waals surface area contributed by atoms with Gasteiger partial charge >= 0.3 is 0 Å². The fourth-order valence-corrected chi connectivity index (χ4v) is 2.64. The zero-order chi connectivity index (χ0) is 17.0. The SMILES string of the molecule is Cc1ccc(/C=N\NS(=O)(=O)c2ccc(C)c([N+](=O)[O-])c2)cc1. The van der Waals surface area contributed by atoms with Gasteiger partial charge in [-0.25, -0.2) is 4.83 Å². The molecule has 0 unspecified atom stereocenters. The van der Waals surface area contributed by atoms with Gasteiger partial charge in [-0.15, -0.1) is 0 Å². The van der Waals surface area contributed by atoms with Crippen molar-refractivity contribution in [2.75, 3.05) is 0 Å². The Kier molecular flexibility index (Phi) is 4.75. The number of benzene rings is 2. The molecule has 23 heavy (non-hydrogen) atoms. The summed E-state index contributed by atoms with van der Waals surface area (Å²) >= 11 is 0. The summed E-state index contributed by atoms with van der Waals surface area (Å²) in [5.41, 5.74) is 1.94. The lowest BCUT2D eigenvalue weighted by atomic mass is 10.2. The first-order valence-electron chi connectivity index (χ1n) is 6.66. The zero-order valence-corrected chi connectivity index (χ0v) is 13.4. The number of sulfonamides is 1. The van der Waals surface area contributed by atoms with E-state index in [4.69, 9.17) is 0 Å². The second-order valence-electron chi connectivity index (χ2n) is 4.97. The van der Waals surface area contributed by atoms with E-state index in [1.807, 2.05) is 23.9 Å². The first-order valence-corrected chi connectivity index (χ1v) is 8.14. The highest BCUT2D eigenvalue weighted by Crippen LogP contribution is 2.21. The molecule has 0 aliphatic rings. The molecule has 0 heterocycles. The molecule has 0 aliphatic carbocycles. The Balaban J connectivity index is 2.20. The van der Waals surface area contributed by atoms with Gasteiger partial charge in [0.05, 0.1) is 16.0 Å². The molecule has 120 valence electrons. The van der Waals surface area contributed by atoms with E-state index < -0.39 is 14.9 Å². The maximum Gasteiger partial charge on any atom is 0.276 e. The van der Waals surface area contributed by atoms with Gasteiger partial charge < -0.3 is 0 Å². The minimum absolute atomic E-state index is 0.212. The summed E-state index contributed by atoms with van der Waals surface area (Å²) in [6, 6.07) is 11.0. The van der Waals surface area contributed by atoms with E-state index in [1.165, 1.54) is 25.3 Å². The third-order valence-electron chi connectivity index (χ3n) is 3.15. The molecular weight excluding hydrogens is 318 g/mol. The van der Waals surface area contributed by atoms with Crippen LogP contribution in [-0.4, -0.2) is 19.6 Å². The monoisotopic (exact) mass is 333 g/mol. The lowest BCUT2D eigenvalue weighted by Gasteiger charge is -2.04. The van der Waals surface area contributed by atoms with Crippen LogP contribution in [0.5, 0.6) is 0 Å². The normalized spacial score (nSPS) is 11.6. The van der Waals surface area contributed by atoms with E-state index in [2.05, 4.69) is 5.10 Å². The molecule has 0 aromatic heterocycles. The van der Waals surface area contributed by atoms with Crippen molar-refractivity contribution >= 4 is 21.9 Å². The number of nitro groups is 1. The van der Waals surface area contributed by atoms with E-state index in [1.54, 1.807) is 12.1 Å². The molecule has 2 aromatic carbocycles. The summed E-state index contributed by atoms with van der Waals surface area (Å²) in [4.78, 5) is 12.1. The number of aryl methyl sites for hydroxylation is 2. The molecule has 0 amide bonds. The Morgan fingerprint density at radius 2 is 1.78 bits per heavy atom. The van der Waals surface area contributed by atoms with Gasteiger partial charge in [-0.1, -0.05) is 35.9 Å². The Morgan fingerprint density at radius 3 is 2.39 bits per heavy atom. The fraction of sp³-hybridized carbons (Fsp3) is 0.133. The number of hydrazone groups is 1. The highest BCUT2D eigenvalue weighted by Gasteiger charge is 2.19. The maximum atomic E-state index is 12.1. The average Bonchev–Trinajstić information content (AvgIpc) is 2.49. The molecular formula is C15H15N3O4S. The van der Waals surface area contributed by atoms with Crippen molar-refractivity contribution in [3.05, 3.63) is 69.3 Å². The van der Waals surface area contributed by atoms with Crippen molar-refractivity contribution in [2.24, 2.45) is 5.10 Å². The molecule has 0 saturated heterocycles. The Bertz CT molecular complexity index is 859. The van der Waals surface area contributed by atoms with Gasteiger partial charge in [0.2, 0.25) is 0 Å². The molecule has 2 rings (SSSR count). The Labute approximate surface area is 133 Å². The van der Waals surface area contributed by atoms with Gasteiger partial charge in [0, 0.05) is 11.6 Å². The molecule has 1 N–H and O–H groups in total. The van der Waals surface area contributed by atoms with E-state index in [9.17, 15) is 18.5 Å². The van der Waals surface area contributed by atoms with Gasteiger partial charge in [0.25, 0.3) is 15.7 Å². The van der Waals surface area contributed by atoms with Crippen LogP contribution in [0.25, 0.3) is 0 Å². The molecule has 7 nitrogen and oxygen atoms in total. The number of rotatable bonds is 5. The van der Waals surface area contributed by atoms with E-state index in [0.717, 1.165) is 17.2 Å². The Morgan fingerprint density at radius 1 is 1.13 bits per heavy atom. The van der Waals surface area contributed by atoms with Gasteiger partial charge in [0.15, 0.2) is 0 Å². The second kappa shape index (κ2) is 6.57. The maximum absolute atomic E-state index is 12.1. The third-order valence-corrected chi connectivity index (χ3v) is 4.37. The standard InChI is InChI=1S/C15H15N3O4S/c1-11-3-6-13(7-4-11)10-16-17-23(21,22)14-8-5-12(2)15(9-14)18(19)20/h3-10,17H,1-2H3/b16-10-. The molecule has 0 bridgehead atoms. The first kappa shape index (κ1) is 16.6. The predicted molar refractivity (Wildman–Crippen MR) is 86.9 cm³/mol. The van der Waals surface area contributed by atoms with Crippen molar-refractivity contribution in [2.45, 2.75) is 18.7 Å². The van der Waals surface area contributed by atoms with Crippen LogP contribution >= 0.6 is 0 Å². The summed E-state index contributed by atoms with van der Waals surface area (Å²) in [5.74, 6) is 0. The molecule has 0 radical (unpaired) electrons. The van der Waals surface area contributed by atoms with Crippen LogP contribution in [-0.2, 0) is 10.0 Å². The van der Waals surface area contributed by atoms with Crippen LogP contribution in [0.1, 0.15) is 16.7 Å². The van der Waals surface area contributed by atoms with Crippen LogP contribution < -0.4 is 4.83 Å². The van der Waals surface area contributed by atoms with Crippen molar-refractivity contribution in [1.82, 2.24) is 4.83 Å². The van der Waals surface area contributed by atoms with E-state index >= 15 is 0 Å². The average molecular weight is 333 g/mol. The van der Waals surface area contributed by atoms with Crippen LogP contribution in [0.4, 0.5) is 5.69 Å². The molecule has 8 heteroatoms. The van der Waals surface area contributed by atoms with Crippen LogP contribution in [0, 0.1) is 24.0 Å². The Hall–Kier alpha value is -2.74. The fourth-order valence-electron chi connectivity index (χ4n) is 1.83. The number of nitrogens with one attached hydrogen (secondary N) is 1. The minimum Gasteiger partial charge on any atom is -0.258 e. The van der Waals surface area contributed by atoms with Gasteiger partial charge in [-0.05, 0) is 25.5 Å². The largest absolute Gasteiger partial charge is 0.276 e. The molecule has 0 saturated carbocycles. The van der Waals surface area contributed by atoms with E-state index in [0.29, 0.717) is 5.56 Å². The topological polar surface area (TPSA) is 102 Å². The third kappa shape index (κ3) is 4.13. The lowest BCUT2D eigenvalue weighted by Crippen LogP contribution is -2.18. The van der Waals surface area contributed by atoms with Crippen LogP contribution in [0.3, 0.4) is 0 Å². The number of nitrogens with zero attached hydrogens (tertiary/aromatic N) is 2. The molecule has 0 aliphatic heterocycles. The smallest absolute Gasteiger partial charge is 0.258 e. The van der Waals surface area contributed by atoms with Gasteiger partial charge in [-0.2, -0.15) is 13.5 Å². The van der Waals surface area contributed by atoms with E-state index in [-0.39, 0.29) is 10.6 Å². The molecule has 0 spiro atoms. The van der Waals surface area contributed by atoms with Crippen LogP contribution in [0.15, 0.2) is 52.5 Å². The molecule has 0 fully saturated rings. The molecule has 2 aromatic rings. The second-order valence-corrected chi connectivity index (χ2v) is 6.63. The molecule has 0 atom stereocenters. The summed E-state index contributed by atoms with van der Waals surface area (Å²) in [6.07, 6.45) is 1.36. The summed E-state index contributed by atoms with van der Waals surface area (Å²) < 4.78 is 24.2. The van der Waals surface area contributed by atoms with Gasteiger partial charge in [0.1, 0.15) is 0 Å². The van der Waals surface area contributed by atoms with Crippen molar-refractivity contribution < 1.29 is 13.3 Å². The highest BCUT2D eigenvalue weighted by molar-refractivity contribution is 7.89. The quantitative estimate of drug-likeness (QED) is 0.516. The zero-order valence-electron chi connectivity index (χ0n) is 12.6. The predicted octanol–water partition coefficient (Wildman–Crippen LogP) is 2.52. The lowest BCUT2D eigenvalue weighted by molar-refractivity contribution is -0.385. The minimum atomic E-state index is -3.96. The summed E-state index contributed by atoms with van der Waals surface area (Å²) in [7, 11) is -3.96. The highest BCUT2D eigenvalue weighted by atomic mass is 32.2. The summed E-state index contributed by atoms with van der Waals surface area (Å²) in [6.45, 7) is 3.48. The van der Waals surface area contributed by atoms with Crippen molar-refractivity contribution in [3.63, 3.8) is 0 Å².